The Bertz CT molecular complexity index is 965. The van der Waals surface area contributed by atoms with E-state index in [1.807, 2.05) is 0 Å². The van der Waals surface area contributed by atoms with E-state index in [4.69, 9.17) is 20.3 Å². The van der Waals surface area contributed by atoms with Gasteiger partial charge in [0.1, 0.15) is 12.4 Å². The molecule has 3 N–H and O–H groups in total. The average Bonchev–Trinajstić information content (AvgIpc) is 2.68. The van der Waals surface area contributed by atoms with Gasteiger partial charge in [0, 0.05) is 18.2 Å². The summed E-state index contributed by atoms with van der Waals surface area (Å²) in [4.78, 5) is 9.30. The lowest BCUT2D eigenvalue weighted by Gasteiger charge is -2.30. The van der Waals surface area contributed by atoms with E-state index in [1.165, 1.54) is 23.5 Å². The van der Waals surface area contributed by atoms with Gasteiger partial charge in [0.2, 0.25) is 0 Å². The van der Waals surface area contributed by atoms with Crippen molar-refractivity contribution in [3.63, 3.8) is 0 Å². The maximum absolute atomic E-state index is 13.5. The summed E-state index contributed by atoms with van der Waals surface area (Å²) in [6.45, 7) is 1.95. The van der Waals surface area contributed by atoms with E-state index in [0.29, 0.717) is 17.1 Å². The van der Waals surface area contributed by atoms with E-state index in [0.717, 1.165) is 12.1 Å². The molecule has 1 aliphatic heterocycles. The number of benzene rings is 2. The van der Waals surface area contributed by atoms with Crippen molar-refractivity contribution in [2.75, 3.05) is 30.3 Å². The van der Waals surface area contributed by atoms with Gasteiger partial charge in [-0.1, -0.05) is 6.92 Å². The summed E-state index contributed by atoms with van der Waals surface area (Å²) in [6, 6.07) is 8.22. The van der Waals surface area contributed by atoms with Crippen LogP contribution in [0.1, 0.15) is 13.3 Å². The molecule has 152 valence electrons. The first kappa shape index (κ1) is 21.3. The number of halogens is 1. The number of ether oxygens (including phenoxy) is 2. The minimum atomic E-state index is -3.89. The number of nitrogen functional groups attached to an aromatic ring is 1. The third-order valence-corrected chi connectivity index (χ3v) is 5.63. The van der Waals surface area contributed by atoms with E-state index in [-0.39, 0.29) is 30.2 Å². The largest absolute Gasteiger partial charge is 0.494 e. The van der Waals surface area contributed by atoms with Crippen LogP contribution in [-0.2, 0) is 14.8 Å². The van der Waals surface area contributed by atoms with E-state index >= 15 is 0 Å². The van der Waals surface area contributed by atoms with Crippen LogP contribution in [-0.4, -0.2) is 39.8 Å². The van der Waals surface area contributed by atoms with Crippen molar-refractivity contribution >= 4 is 27.4 Å². The standard InChI is InChI=1S/C15H15FN2O4S.C3H6O2/c1-21-15-9-11(3-4-12(15)16)23(19,20)18-6-7-22-14-5-2-10(17)8-13(14)18;1-2-3(4)5/h2-5,8-9H,6-7,17H2,1H3;2H2,1H3,(H,4,5). The van der Waals surface area contributed by atoms with Gasteiger partial charge in [-0.25, -0.2) is 12.8 Å². The van der Waals surface area contributed by atoms with Gasteiger partial charge in [0.25, 0.3) is 10.0 Å². The molecule has 0 saturated heterocycles. The number of aliphatic carboxylic acids is 1. The molecule has 8 nitrogen and oxygen atoms in total. The smallest absolute Gasteiger partial charge is 0.303 e. The highest BCUT2D eigenvalue weighted by Gasteiger charge is 2.31. The predicted octanol–water partition coefficient (Wildman–Crippen LogP) is 2.49. The molecule has 1 heterocycles. The lowest BCUT2D eigenvalue weighted by Crippen LogP contribution is -2.38. The third-order valence-electron chi connectivity index (χ3n) is 3.82. The molecule has 0 bridgehead atoms. The fourth-order valence-corrected chi connectivity index (χ4v) is 3.85. The maximum Gasteiger partial charge on any atom is 0.303 e. The highest BCUT2D eigenvalue weighted by atomic mass is 32.2. The zero-order valence-electron chi connectivity index (χ0n) is 15.4. The second-order valence-electron chi connectivity index (χ2n) is 5.70. The number of nitrogens with zero attached hydrogens (tertiary/aromatic N) is 1. The Labute approximate surface area is 162 Å². The Kier molecular flexibility index (Phi) is 6.68. The van der Waals surface area contributed by atoms with E-state index < -0.39 is 21.8 Å². The highest BCUT2D eigenvalue weighted by molar-refractivity contribution is 7.92. The number of carboxylic acids is 1. The van der Waals surface area contributed by atoms with Crippen LogP contribution in [0.5, 0.6) is 11.5 Å². The highest BCUT2D eigenvalue weighted by Crippen LogP contribution is 2.37. The van der Waals surface area contributed by atoms with Crippen LogP contribution in [0.2, 0.25) is 0 Å². The van der Waals surface area contributed by atoms with Crippen LogP contribution in [0.4, 0.5) is 15.8 Å². The van der Waals surface area contributed by atoms with Gasteiger partial charge in [0.15, 0.2) is 11.6 Å². The predicted molar refractivity (Wildman–Crippen MR) is 102 cm³/mol. The lowest BCUT2D eigenvalue weighted by molar-refractivity contribution is -0.136. The van der Waals surface area contributed by atoms with Crippen LogP contribution < -0.4 is 19.5 Å². The van der Waals surface area contributed by atoms with E-state index in [2.05, 4.69) is 0 Å². The molecule has 0 aliphatic carbocycles. The third kappa shape index (κ3) is 4.63. The molecule has 0 atom stereocenters. The molecule has 0 unspecified atom stereocenters. The summed E-state index contributed by atoms with van der Waals surface area (Å²) in [7, 11) is -2.61. The maximum atomic E-state index is 13.5. The molecular weight excluding hydrogens is 391 g/mol. The Morgan fingerprint density at radius 1 is 1.32 bits per heavy atom. The van der Waals surface area contributed by atoms with Crippen molar-refractivity contribution in [3.05, 3.63) is 42.2 Å². The van der Waals surface area contributed by atoms with Crippen molar-refractivity contribution in [1.82, 2.24) is 0 Å². The molecular formula is C18H21FN2O6S. The number of sulfonamides is 1. The Morgan fingerprint density at radius 2 is 2.00 bits per heavy atom. The molecule has 0 aromatic heterocycles. The van der Waals surface area contributed by atoms with Crippen molar-refractivity contribution in [2.24, 2.45) is 0 Å². The fraction of sp³-hybridized carbons (Fsp3) is 0.278. The van der Waals surface area contributed by atoms with Gasteiger partial charge in [-0.2, -0.15) is 0 Å². The second-order valence-corrected chi connectivity index (χ2v) is 7.56. The molecule has 2 aromatic carbocycles. The zero-order valence-corrected chi connectivity index (χ0v) is 16.2. The zero-order chi connectivity index (χ0) is 20.9. The molecule has 1 aliphatic rings. The molecule has 3 rings (SSSR count). The molecule has 2 aromatic rings. The topological polar surface area (TPSA) is 119 Å². The van der Waals surface area contributed by atoms with Gasteiger partial charge in [0.05, 0.1) is 24.2 Å². The van der Waals surface area contributed by atoms with Gasteiger partial charge in [-0.15, -0.1) is 0 Å². The molecule has 0 saturated carbocycles. The van der Waals surface area contributed by atoms with Crippen LogP contribution in [0.25, 0.3) is 0 Å². The van der Waals surface area contributed by atoms with Crippen molar-refractivity contribution in [3.8, 4) is 11.5 Å². The normalized spacial score (nSPS) is 12.9. The minimum absolute atomic E-state index is 0.0639. The summed E-state index contributed by atoms with van der Waals surface area (Å²) in [5, 5.41) is 7.72. The lowest BCUT2D eigenvalue weighted by atomic mass is 10.2. The first-order valence-corrected chi connectivity index (χ1v) is 9.75. The van der Waals surface area contributed by atoms with E-state index in [1.54, 1.807) is 19.1 Å². The Balaban J connectivity index is 0.000000500. The number of rotatable bonds is 4. The first-order valence-electron chi connectivity index (χ1n) is 8.31. The van der Waals surface area contributed by atoms with Gasteiger partial charge in [-0.05, 0) is 30.3 Å². The molecule has 0 radical (unpaired) electrons. The Morgan fingerprint density at radius 3 is 2.61 bits per heavy atom. The second kappa shape index (κ2) is 8.79. The van der Waals surface area contributed by atoms with Gasteiger partial charge >= 0.3 is 5.97 Å². The first-order chi connectivity index (χ1) is 13.2. The number of carboxylic acid groups (broad SMARTS) is 1. The fourth-order valence-electron chi connectivity index (χ4n) is 2.39. The van der Waals surface area contributed by atoms with Crippen LogP contribution in [0.15, 0.2) is 41.3 Å². The average molecular weight is 412 g/mol. The van der Waals surface area contributed by atoms with Crippen molar-refractivity contribution in [1.29, 1.82) is 0 Å². The summed E-state index contributed by atoms with van der Waals surface area (Å²) in [5.74, 6) is -1.07. The number of anilines is 2. The number of nitrogens with two attached hydrogens (primary N) is 1. The monoisotopic (exact) mass is 412 g/mol. The summed E-state index contributed by atoms with van der Waals surface area (Å²) >= 11 is 0. The van der Waals surface area contributed by atoms with Crippen LogP contribution >= 0.6 is 0 Å². The summed E-state index contributed by atoms with van der Waals surface area (Å²) in [6.07, 6.45) is 0.222. The molecule has 0 amide bonds. The molecule has 0 fully saturated rings. The summed E-state index contributed by atoms with van der Waals surface area (Å²) in [5.41, 5.74) is 6.53. The molecule has 28 heavy (non-hydrogen) atoms. The number of hydrogen-bond acceptors (Lipinski definition) is 6. The number of hydrogen-bond donors (Lipinski definition) is 2. The quantitative estimate of drug-likeness (QED) is 0.741. The number of fused-ring (bicyclic) bond motifs is 1. The molecule has 0 spiro atoms. The van der Waals surface area contributed by atoms with Gasteiger partial charge < -0.3 is 20.3 Å². The minimum Gasteiger partial charge on any atom is -0.494 e. The summed E-state index contributed by atoms with van der Waals surface area (Å²) < 4.78 is 50.8. The Hall–Kier alpha value is -3.01. The van der Waals surface area contributed by atoms with Crippen LogP contribution in [0, 0.1) is 5.82 Å². The number of carbonyl (C=O) groups is 1. The van der Waals surface area contributed by atoms with Crippen molar-refractivity contribution < 1.29 is 32.2 Å². The van der Waals surface area contributed by atoms with Gasteiger partial charge in [-0.3, -0.25) is 9.10 Å². The van der Waals surface area contributed by atoms with Crippen LogP contribution in [0.3, 0.4) is 0 Å². The SMILES string of the molecule is CCC(=O)O.COc1cc(S(=O)(=O)N2CCOc3ccc(N)cc32)ccc1F. The van der Waals surface area contributed by atoms with Crippen molar-refractivity contribution in [2.45, 2.75) is 18.2 Å². The molecule has 10 heteroatoms. The number of methoxy groups -OCH3 is 1. The van der Waals surface area contributed by atoms with E-state index in [9.17, 15) is 17.6 Å².